The van der Waals surface area contributed by atoms with Crippen molar-refractivity contribution in [3.05, 3.63) is 58.6 Å². The van der Waals surface area contributed by atoms with E-state index in [0.717, 1.165) is 26.3 Å². The van der Waals surface area contributed by atoms with Crippen molar-refractivity contribution in [2.24, 2.45) is 5.10 Å². The molecule has 0 spiro atoms. The number of anilines is 2. The first-order valence-electron chi connectivity index (χ1n) is 8.45. The number of benzene rings is 2. The van der Waals surface area contributed by atoms with Crippen LogP contribution in [0.1, 0.15) is 12.5 Å². The monoisotopic (exact) mass is 466 g/mol. The summed E-state index contributed by atoms with van der Waals surface area (Å²) in [4.78, 5) is 14.4. The number of nitrogens with zero attached hydrogens (tertiary/aromatic N) is 3. The quantitative estimate of drug-likeness (QED) is 0.502. The van der Waals surface area contributed by atoms with Crippen LogP contribution in [0, 0.1) is 0 Å². The Morgan fingerprint density at radius 2 is 1.82 bits per heavy atom. The second-order valence-electron chi connectivity index (χ2n) is 6.41. The van der Waals surface area contributed by atoms with E-state index in [9.17, 15) is 13.2 Å². The Kier molecular flexibility index (Phi) is 7.20. The van der Waals surface area contributed by atoms with Crippen molar-refractivity contribution in [1.82, 2.24) is 5.43 Å². The summed E-state index contributed by atoms with van der Waals surface area (Å²) in [6.45, 7) is 1.52. The van der Waals surface area contributed by atoms with Crippen molar-refractivity contribution in [1.29, 1.82) is 0 Å². The molecular weight excluding hydrogens is 444 g/mol. The van der Waals surface area contributed by atoms with Gasteiger partial charge in [-0.15, -0.1) is 0 Å². The fourth-order valence-electron chi connectivity index (χ4n) is 2.61. The standard InChI is InChI=1S/C19H23BrN4O3S/c1-14(24(28(4,26)27)16-8-6-5-7-9-16)19(25)22-21-13-15-10-11-18(23(2)3)17(20)12-15/h5-14H,1-4H3,(H,22,25)/t14-/m0/s1. The van der Waals surface area contributed by atoms with E-state index in [1.807, 2.05) is 37.2 Å². The fourth-order valence-corrected chi connectivity index (χ4v) is 4.54. The molecule has 2 rings (SSSR count). The van der Waals surface area contributed by atoms with Crippen LogP contribution in [0.3, 0.4) is 0 Å². The van der Waals surface area contributed by atoms with Gasteiger partial charge in [0.05, 0.1) is 23.8 Å². The highest BCUT2D eigenvalue weighted by Crippen LogP contribution is 2.25. The number of carbonyl (C=O) groups is 1. The summed E-state index contributed by atoms with van der Waals surface area (Å²) >= 11 is 3.49. The molecule has 0 saturated carbocycles. The normalized spacial score (nSPS) is 12.6. The van der Waals surface area contributed by atoms with Crippen molar-refractivity contribution in [3.8, 4) is 0 Å². The van der Waals surface area contributed by atoms with Gasteiger partial charge in [-0.3, -0.25) is 9.10 Å². The van der Waals surface area contributed by atoms with Gasteiger partial charge in [0.25, 0.3) is 5.91 Å². The van der Waals surface area contributed by atoms with E-state index in [4.69, 9.17) is 0 Å². The average molecular weight is 467 g/mol. The lowest BCUT2D eigenvalue weighted by atomic mass is 10.2. The summed E-state index contributed by atoms with van der Waals surface area (Å²) < 4.78 is 26.4. The van der Waals surface area contributed by atoms with Crippen LogP contribution < -0.4 is 14.6 Å². The minimum Gasteiger partial charge on any atom is -0.377 e. The minimum atomic E-state index is -3.65. The van der Waals surface area contributed by atoms with Crippen molar-refractivity contribution >= 4 is 49.4 Å². The Bertz CT molecular complexity index is 962. The molecule has 0 radical (unpaired) electrons. The van der Waals surface area contributed by atoms with Crippen LogP contribution in [0.15, 0.2) is 58.1 Å². The molecule has 1 amide bonds. The number of hydrogen-bond donors (Lipinski definition) is 1. The molecule has 0 aliphatic carbocycles. The van der Waals surface area contributed by atoms with Crippen molar-refractivity contribution in [3.63, 3.8) is 0 Å². The maximum atomic E-state index is 12.5. The lowest BCUT2D eigenvalue weighted by Crippen LogP contribution is -2.46. The first-order chi connectivity index (χ1) is 13.1. The molecule has 28 heavy (non-hydrogen) atoms. The predicted octanol–water partition coefficient (Wildman–Crippen LogP) is 2.82. The van der Waals surface area contributed by atoms with Crippen LogP contribution >= 0.6 is 15.9 Å². The maximum Gasteiger partial charge on any atom is 0.263 e. The van der Waals surface area contributed by atoms with Crippen LogP contribution in [-0.2, 0) is 14.8 Å². The third-order valence-electron chi connectivity index (χ3n) is 3.94. The van der Waals surface area contributed by atoms with Crippen molar-refractivity contribution in [2.75, 3.05) is 29.6 Å². The molecule has 0 bridgehead atoms. The molecule has 1 N–H and O–H groups in total. The number of halogens is 1. The zero-order valence-electron chi connectivity index (χ0n) is 16.1. The molecule has 0 aliphatic heterocycles. The van der Waals surface area contributed by atoms with E-state index >= 15 is 0 Å². The Balaban J connectivity index is 2.13. The van der Waals surface area contributed by atoms with Crippen LogP contribution in [0.5, 0.6) is 0 Å². The van der Waals surface area contributed by atoms with Gasteiger partial charge in [0, 0.05) is 18.6 Å². The fraction of sp³-hybridized carbons (Fsp3) is 0.263. The molecular formula is C19H23BrN4O3S. The van der Waals surface area contributed by atoms with Gasteiger partial charge in [0.2, 0.25) is 10.0 Å². The molecule has 0 unspecified atom stereocenters. The number of carbonyl (C=O) groups excluding carboxylic acids is 1. The molecule has 150 valence electrons. The highest BCUT2D eigenvalue weighted by molar-refractivity contribution is 9.10. The second-order valence-corrected chi connectivity index (χ2v) is 9.12. The number of hydrazone groups is 1. The first-order valence-corrected chi connectivity index (χ1v) is 11.1. The van der Waals surface area contributed by atoms with Gasteiger partial charge in [0.15, 0.2) is 0 Å². The minimum absolute atomic E-state index is 0.417. The highest BCUT2D eigenvalue weighted by Gasteiger charge is 2.28. The molecule has 2 aromatic rings. The SMILES string of the molecule is C[C@@H](C(=O)NN=Cc1ccc(N(C)C)c(Br)c1)N(c1ccccc1)S(C)(=O)=O. The molecule has 0 fully saturated rings. The predicted molar refractivity (Wildman–Crippen MR) is 117 cm³/mol. The molecule has 0 aliphatic rings. The van der Waals surface area contributed by atoms with E-state index < -0.39 is 22.0 Å². The number of rotatable bonds is 7. The Hall–Kier alpha value is -2.39. The van der Waals surface area contributed by atoms with Crippen LogP contribution in [0.2, 0.25) is 0 Å². The van der Waals surface area contributed by atoms with E-state index in [1.54, 1.807) is 30.3 Å². The number of amides is 1. The molecule has 2 aromatic carbocycles. The number of hydrogen-bond acceptors (Lipinski definition) is 5. The Labute approximate surface area is 174 Å². The number of para-hydroxylation sites is 1. The van der Waals surface area contributed by atoms with Crippen molar-refractivity contribution in [2.45, 2.75) is 13.0 Å². The summed E-state index contributed by atoms with van der Waals surface area (Å²) in [5, 5.41) is 3.96. The third-order valence-corrected chi connectivity index (χ3v) is 5.82. The van der Waals surface area contributed by atoms with E-state index in [2.05, 4.69) is 26.5 Å². The third kappa shape index (κ3) is 5.56. The number of sulfonamides is 1. The molecule has 7 nitrogen and oxygen atoms in total. The molecule has 9 heteroatoms. The van der Waals surface area contributed by atoms with E-state index in [1.165, 1.54) is 13.1 Å². The van der Waals surface area contributed by atoms with Crippen molar-refractivity contribution < 1.29 is 13.2 Å². The Morgan fingerprint density at radius 1 is 1.18 bits per heavy atom. The maximum absolute atomic E-state index is 12.5. The smallest absolute Gasteiger partial charge is 0.263 e. The topological polar surface area (TPSA) is 82.1 Å². The summed E-state index contributed by atoms with van der Waals surface area (Å²) in [6.07, 6.45) is 2.57. The van der Waals surface area contributed by atoms with Crippen LogP contribution in [0.25, 0.3) is 0 Å². The molecule has 0 heterocycles. The van der Waals surface area contributed by atoms with E-state index in [-0.39, 0.29) is 0 Å². The largest absolute Gasteiger partial charge is 0.377 e. The highest BCUT2D eigenvalue weighted by atomic mass is 79.9. The van der Waals surface area contributed by atoms with Gasteiger partial charge in [0.1, 0.15) is 6.04 Å². The van der Waals surface area contributed by atoms with E-state index in [0.29, 0.717) is 5.69 Å². The summed E-state index contributed by atoms with van der Waals surface area (Å²) in [5.41, 5.74) is 4.63. The summed E-state index contributed by atoms with van der Waals surface area (Å²) in [5.74, 6) is -0.533. The second kappa shape index (κ2) is 9.20. The van der Waals surface area contributed by atoms with Gasteiger partial charge in [-0.1, -0.05) is 24.3 Å². The first kappa shape index (κ1) is 21.9. The lowest BCUT2D eigenvalue weighted by Gasteiger charge is -2.27. The van der Waals surface area contributed by atoms with Gasteiger partial charge in [-0.05, 0) is 52.7 Å². The van der Waals surface area contributed by atoms with Gasteiger partial charge in [-0.25, -0.2) is 13.8 Å². The van der Waals surface area contributed by atoms with Gasteiger partial charge >= 0.3 is 0 Å². The lowest BCUT2D eigenvalue weighted by molar-refractivity contribution is -0.121. The summed E-state index contributed by atoms with van der Waals surface area (Å²) in [7, 11) is 0.232. The summed E-state index contributed by atoms with van der Waals surface area (Å²) in [6, 6.07) is 13.2. The zero-order chi connectivity index (χ0) is 20.9. The Morgan fingerprint density at radius 3 is 2.36 bits per heavy atom. The molecule has 0 saturated heterocycles. The van der Waals surface area contributed by atoms with Gasteiger partial charge in [-0.2, -0.15) is 5.10 Å². The average Bonchev–Trinajstić information content (AvgIpc) is 2.61. The van der Waals surface area contributed by atoms with Crippen LogP contribution in [0.4, 0.5) is 11.4 Å². The zero-order valence-corrected chi connectivity index (χ0v) is 18.5. The molecule has 1 atom stereocenters. The number of nitrogens with one attached hydrogen (secondary N) is 1. The molecule has 0 aromatic heterocycles. The van der Waals surface area contributed by atoms with Gasteiger partial charge < -0.3 is 4.90 Å². The van der Waals surface area contributed by atoms with Crippen LogP contribution in [-0.4, -0.2) is 46.9 Å².